The highest BCUT2D eigenvalue weighted by atomic mass is 35.5. The van der Waals surface area contributed by atoms with Crippen molar-refractivity contribution in [1.29, 1.82) is 0 Å². The van der Waals surface area contributed by atoms with E-state index >= 15 is 0 Å². The minimum atomic E-state index is -0.250. The van der Waals surface area contributed by atoms with Gasteiger partial charge in [-0.3, -0.25) is 9.78 Å². The lowest BCUT2D eigenvalue weighted by atomic mass is 10.2. The first kappa shape index (κ1) is 17.5. The van der Waals surface area contributed by atoms with Gasteiger partial charge < -0.3 is 4.74 Å². The van der Waals surface area contributed by atoms with E-state index in [0.717, 1.165) is 16.8 Å². The fourth-order valence-electron chi connectivity index (χ4n) is 2.73. The smallest absolute Gasteiger partial charge is 0.302 e. The summed E-state index contributed by atoms with van der Waals surface area (Å²) in [6, 6.07) is 11.1. The molecule has 7 heteroatoms. The maximum absolute atomic E-state index is 13.0. The molecule has 0 atom stereocenters. The SMILES string of the molecule is COc1c(C=Cc2cccnc2)nc2scc(-c3ccc(Cl)cc3)n2c1=O. The number of hydrogen-bond acceptors (Lipinski definition) is 5. The van der Waals surface area contributed by atoms with Crippen LogP contribution >= 0.6 is 22.9 Å². The molecule has 5 nitrogen and oxygen atoms in total. The summed E-state index contributed by atoms with van der Waals surface area (Å²) in [6.07, 6.45) is 7.05. The van der Waals surface area contributed by atoms with Crippen LogP contribution in [0, 0.1) is 0 Å². The van der Waals surface area contributed by atoms with Crippen molar-refractivity contribution in [3.05, 3.63) is 80.8 Å². The summed E-state index contributed by atoms with van der Waals surface area (Å²) in [4.78, 5) is 22.3. The number of fused-ring (bicyclic) bond motifs is 1. The van der Waals surface area contributed by atoms with E-state index < -0.39 is 0 Å². The molecule has 0 amide bonds. The van der Waals surface area contributed by atoms with Gasteiger partial charge in [0.05, 0.1) is 12.8 Å². The van der Waals surface area contributed by atoms with Crippen LogP contribution in [-0.2, 0) is 0 Å². The van der Waals surface area contributed by atoms with Crippen LogP contribution in [0.3, 0.4) is 0 Å². The van der Waals surface area contributed by atoms with E-state index in [1.54, 1.807) is 35.0 Å². The highest BCUT2D eigenvalue weighted by molar-refractivity contribution is 7.15. The van der Waals surface area contributed by atoms with Crippen LogP contribution < -0.4 is 10.3 Å². The van der Waals surface area contributed by atoms with E-state index in [4.69, 9.17) is 16.3 Å². The first-order valence-corrected chi connectivity index (χ1v) is 9.35. The maximum Gasteiger partial charge on any atom is 0.302 e. The zero-order valence-corrected chi connectivity index (χ0v) is 15.9. The Morgan fingerprint density at radius 3 is 2.70 bits per heavy atom. The number of benzene rings is 1. The zero-order chi connectivity index (χ0) is 18.8. The van der Waals surface area contributed by atoms with Crippen molar-refractivity contribution < 1.29 is 4.74 Å². The Morgan fingerprint density at radius 1 is 1.19 bits per heavy atom. The number of methoxy groups -OCH3 is 1. The average molecular weight is 396 g/mol. The fourth-order valence-corrected chi connectivity index (χ4v) is 3.75. The summed E-state index contributed by atoms with van der Waals surface area (Å²) in [5.74, 6) is 0.196. The molecular formula is C20H14ClN3O2S. The Hall–Kier alpha value is -2.96. The Labute approximate surface area is 164 Å². The topological polar surface area (TPSA) is 56.5 Å². The van der Waals surface area contributed by atoms with Gasteiger partial charge in [0, 0.05) is 22.8 Å². The summed E-state index contributed by atoms with van der Waals surface area (Å²) in [5, 5.41) is 2.55. The van der Waals surface area contributed by atoms with E-state index in [1.807, 2.05) is 35.7 Å². The molecule has 0 saturated carbocycles. The van der Waals surface area contributed by atoms with Gasteiger partial charge in [-0.2, -0.15) is 0 Å². The highest BCUT2D eigenvalue weighted by Gasteiger charge is 2.16. The largest absolute Gasteiger partial charge is 0.490 e. The third-order valence-corrected chi connectivity index (χ3v) is 5.09. The Kier molecular flexibility index (Phi) is 4.75. The molecule has 0 spiro atoms. The summed E-state index contributed by atoms with van der Waals surface area (Å²) in [5.41, 5.74) is 2.78. The van der Waals surface area contributed by atoms with Gasteiger partial charge in [-0.1, -0.05) is 35.9 Å². The van der Waals surface area contributed by atoms with Crippen molar-refractivity contribution in [2.24, 2.45) is 0 Å². The normalized spacial score (nSPS) is 11.3. The molecule has 0 radical (unpaired) electrons. The Bertz CT molecular complexity index is 1180. The van der Waals surface area contributed by atoms with Crippen molar-refractivity contribution in [2.45, 2.75) is 0 Å². The molecule has 0 saturated heterocycles. The van der Waals surface area contributed by atoms with Gasteiger partial charge in [-0.15, -0.1) is 11.3 Å². The number of pyridine rings is 1. The lowest BCUT2D eigenvalue weighted by molar-refractivity contribution is 0.404. The molecule has 1 aromatic carbocycles. The minimum Gasteiger partial charge on any atom is -0.490 e. The number of rotatable bonds is 4. The molecule has 0 unspecified atom stereocenters. The third-order valence-electron chi connectivity index (χ3n) is 4.02. The molecule has 0 aliphatic rings. The second-order valence-electron chi connectivity index (χ2n) is 5.70. The molecule has 4 aromatic rings. The third kappa shape index (κ3) is 3.37. The van der Waals surface area contributed by atoms with E-state index in [-0.39, 0.29) is 11.3 Å². The summed E-state index contributed by atoms with van der Waals surface area (Å²) in [7, 11) is 1.47. The predicted molar refractivity (Wildman–Crippen MR) is 110 cm³/mol. The zero-order valence-electron chi connectivity index (χ0n) is 14.3. The van der Waals surface area contributed by atoms with Crippen molar-refractivity contribution in [3.8, 4) is 17.0 Å². The fraction of sp³-hybridized carbons (Fsp3) is 0.0500. The van der Waals surface area contributed by atoms with Crippen LogP contribution in [0.15, 0.2) is 59.0 Å². The van der Waals surface area contributed by atoms with Gasteiger partial charge in [-0.05, 0) is 35.4 Å². The molecule has 27 heavy (non-hydrogen) atoms. The molecule has 0 bridgehead atoms. The van der Waals surface area contributed by atoms with Crippen molar-refractivity contribution in [1.82, 2.24) is 14.4 Å². The Morgan fingerprint density at radius 2 is 2.00 bits per heavy atom. The van der Waals surface area contributed by atoms with E-state index in [2.05, 4.69) is 9.97 Å². The summed E-state index contributed by atoms with van der Waals surface area (Å²) in [6.45, 7) is 0. The predicted octanol–water partition coefficient (Wildman–Crippen LogP) is 4.65. The van der Waals surface area contributed by atoms with Crippen molar-refractivity contribution in [2.75, 3.05) is 7.11 Å². The van der Waals surface area contributed by atoms with Gasteiger partial charge in [0.1, 0.15) is 5.69 Å². The molecular weight excluding hydrogens is 382 g/mol. The maximum atomic E-state index is 13.0. The van der Waals surface area contributed by atoms with E-state index in [9.17, 15) is 4.79 Å². The average Bonchev–Trinajstić information content (AvgIpc) is 3.12. The number of ether oxygens (including phenoxy) is 1. The first-order chi connectivity index (χ1) is 13.2. The van der Waals surface area contributed by atoms with Crippen LogP contribution in [0.25, 0.3) is 28.4 Å². The van der Waals surface area contributed by atoms with E-state index in [0.29, 0.717) is 15.7 Å². The molecule has 0 N–H and O–H groups in total. The van der Waals surface area contributed by atoms with Crippen molar-refractivity contribution >= 4 is 40.1 Å². The van der Waals surface area contributed by atoms with Gasteiger partial charge >= 0.3 is 5.56 Å². The molecule has 3 aromatic heterocycles. The summed E-state index contributed by atoms with van der Waals surface area (Å²) >= 11 is 7.37. The number of halogens is 1. The summed E-state index contributed by atoms with van der Waals surface area (Å²) < 4.78 is 6.94. The Balaban J connectivity index is 1.85. The number of nitrogens with zero attached hydrogens (tertiary/aromatic N) is 3. The van der Waals surface area contributed by atoms with Gasteiger partial charge in [0.15, 0.2) is 4.96 Å². The van der Waals surface area contributed by atoms with Crippen LogP contribution in [0.1, 0.15) is 11.3 Å². The lowest BCUT2D eigenvalue weighted by Gasteiger charge is -2.07. The molecule has 3 heterocycles. The van der Waals surface area contributed by atoms with Gasteiger partial charge in [0.25, 0.3) is 0 Å². The molecule has 0 aliphatic carbocycles. The van der Waals surface area contributed by atoms with Crippen molar-refractivity contribution in [3.63, 3.8) is 0 Å². The van der Waals surface area contributed by atoms with Gasteiger partial charge in [-0.25, -0.2) is 9.38 Å². The quantitative estimate of drug-likeness (QED) is 0.504. The second-order valence-corrected chi connectivity index (χ2v) is 6.97. The number of hydrogen-bond donors (Lipinski definition) is 0. The van der Waals surface area contributed by atoms with Gasteiger partial charge in [0.2, 0.25) is 5.75 Å². The standard InChI is InChI=1S/C20H14ClN3O2S/c1-26-18-16(9-4-13-3-2-10-22-11-13)23-20-24(19(18)25)17(12-27-20)14-5-7-15(21)8-6-14/h2-12H,1H3. The van der Waals surface area contributed by atoms with Crippen LogP contribution in [0.5, 0.6) is 5.75 Å². The van der Waals surface area contributed by atoms with Crippen LogP contribution in [-0.4, -0.2) is 21.5 Å². The first-order valence-electron chi connectivity index (χ1n) is 8.09. The van der Waals surface area contributed by atoms with Crippen LogP contribution in [0.4, 0.5) is 0 Å². The number of thiazole rings is 1. The molecule has 0 aliphatic heterocycles. The van der Waals surface area contributed by atoms with E-state index in [1.165, 1.54) is 18.4 Å². The molecule has 134 valence electrons. The molecule has 0 fully saturated rings. The highest BCUT2D eigenvalue weighted by Crippen LogP contribution is 2.27. The molecule has 4 rings (SSSR count). The lowest BCUT2D eigenvalue weighted by Crippen LogP contribution is -2.18. The van der Waals surface area contributed by atoms with Crippen LogP contribution in [0.2, 0.25) is 5.02 Å². The second kappa shape index (κ2) is 7.34. The number of aromatic nitrogens is 3. The monoisotopic (exact) mass is 395 g/mol. The minimum absolute atomic E-state index is 0.196.